The van der Waals surface area contributed by atoms with Gasteiger partial charge in [0, 0.05) is 17.5 Å². The summed E-state index contributed by atoms with van der Waals surface area (Å²) in [7, 11) is 3.71. The van der Waals surface area contributed by atoms with E-state index in [0.717, 1.165) is 6.42 Å². The molecule has 1 aliphatic heterocycles. The highest BCUT2D eigenvalue weighted by molar-refractivity contribution is 5.76. The van der Waals surface area contributed by atoms with Crippen molar-refractivity contribution in [2.45, 2.75) is 44.2 Å². The molecule has 21 heavy (non-hydrogen) atoms. The Labute approximate surface area is 126 Å². The summed E-state index contributed by atoms with van der Waals surface area (Å²) in [5.41, 5.74) is 2.97. The molecule has 1 spiro atoms. The average Bonchev–Trinajstić information content (AvgIpc) is 2.82. The van der Waals surface area contributed by atoms with Gasteiger partial charge in [-0.1, -0.05) is 29.8 Å². The van der Waals surface area contributed by atoms with Crippen LogP contribution in [0.5, 0.6) is 0 Å². The molecule has 5 atom stereocenters. The lowest BCUT2D eigenvalue weighted by Gasteiger charge is -2.68. The maximum absolute atomic E-state index is 12.4. The van der Waals surface area contributed by atoms with Crippen LogP contribution in [0.4, 0.5) is 0 Å². The van der Waals surface area contributed by atoms with Gasteiger partial charge in [0.1, 0.15) is 0 Å². The molecule has 0 radical (unpaired) electrons. The summed E-state index contributed by atoms with van der Waals surface area (Å²) in [4.78, 5) is 14.9. The van der Waals surface area contributed by atoms with Crippen molar-refractivity contribution in [2.24, 2.45) is 11.3 Å². The molecule has 3 nitrogen and oxygen atoms in total. The number of hydrogen-bond acceptors (Lipinski definition) is 3. The SMILES string of the molecule is COC(=O)C1C(c2ccc(C)cc2)CC23CCC2N(C)C13. The zero-order valence-corrected chi connectivity index (χ0v) is 13.0. The molecular formula is C18H23NO2. The first-order valence-electron chi connectivity index (χ1n) is 7.95. The van der Waals surface area contributed by atoms with E-state index < -0.39 is 0 Å². The molecule has 0 N–H and O–H groups in total. The highest BCUT2D eigenvalue weighted by Crippen LogP contribution is 2.69. The summed E-state index contributed by atoms with van der Waals surface area (Å²) in [5.74, 6) is 0.287. The normalized spacial score (nSPS) is 40.7. The van der Waals surface area contributed by atoms with Crippen molar-refractivity contribution in [1.82, 2.24) is 4.90 Å². The first-order valence-corrected chi connectivity index (χ1v) is 7.95. The number of aryl methyl sites for hydroxylation is 1. The molecule has 2 saturated carbocycles. The minimum atomic E-state index is -0.0281. The number of rotatable bonds is 2. The minimum absolute atomic E-state index is 0.000689. The number of ether oxygens (including phenoxy) is 1. The summed E-state index contributed by atoms with van der Waals surface area (Å²) in [6, 6.07) is 9.79. The van der Waals surface area contributed by atoms with Crippen molar-refractivity contribution in [2.75, 3.05) is 14.2 Å². The number of nitrogens with zero attached hydrogens (tertiary/aromatic N) is 1. The van der Waals surface area contributed by atoms with E-state index in [4.69, 9.17) is 4.74 Å². The lowest BCUT2D eigenvalue weighted by atomic mass is 9.53. The second-order valence-corrected chi connectivity index (χ2v) is 7.17. The number of methoxy groups -OCH3 is 1. The van der Waals surface area contributed by atoms with Crippen molar-refractivity contribution in [3.8, 4) is 0 Å². The van der Waals surface area contributed by atoms with Crippen LogP contribution in [0.2, 0.25) is 0 Å². The molecule has 3 heteroatoms. The third-order valence-corrected chi connectivity index (χ3v) is 6.42. The fourth-order valence-corrected chi connectivity index (χ4v) is 5.41. The van der Waals surface area contributed by atoms with Gasteiger partial charge in [-0.2, -0.15) is 0 Å². The Morgan fingerprint density at radius 1 is 1.33 bits per heavy atom. The first-order chi connectivity index (χ1) is 10.1. The number of esters is 1. The fraction of sp³-hybridized carbons (Fsp3) is 0.611. The van der Waals surface area contributed by atoms with Gasteiger partial charge in [-0.25, -0.2) is 0 Å². The van der Waals surface area contributed by atoms with E-state index >= 15 is 0 Å². The molecule has 112 valence electrons. The fourth-order valence-electron chi connectivity index (χ4n) is 5.41. The lowest BCUT2D eigenvalue weighted by molar-refractivity contribution is -0.193. The predicted molar refractivity (Wildman–Crippen MR) is 81.0 cm³/mol. The molecule has 1 heterocycles. The lowest BCUT2D eigenvalue weighted by Crippen LogP contribution is -2.75. The molecule has 4 rings (SSSR count). The van der Waals surface area contributed by atoms with Crippen molar-refractivity contribution >= 4 is 5.97 Å². The molecule has 3 fully saturated rings. The average molecular weight is 285 g/mol. The third-order valence-electron chi connectivity index (χ3n) is 6.42. The van der Waals surface area contributed by atoms with E-state index in [1.165, 1.54) is 31.1 Å². The molecule has 5 unspecified atom stereocenters. The number of likely N-dealkylation sites (tertiary alicyclic amines) is 1. The number of carbonyl (C=O) groups excluding carboxylic acids is 1. The molecule has 1 aromatic rings. The van der Waals surface area contributed by atoms with Crippen LogP contribution >= 0.6 is 0 Å². The first kappa shape index (κ1) is 13.3. The van der Waals surface area contributed by atoms with Crippen LogP contribution in [0.3, 0.4) is 0 Å². The van der Waals surface area contributed by atoms with Gasteiger partial charge in [0.2, 0.25) is 0 Å². The molecule has 0 aromatic heterocycles. The van der Waals surface area contributed by atoms with Gasteiger partial charge in [-0.15, -0.1) is 0 Å². The van der Waals surface area contributed by atoms with Crippen LogP contribution in [0, 0.1) is 18.3 Å². The van der Waals surface area contributed by atoms with Crippen LogP contribution < -0.4 is 0 Å². The smallest absolute Gasteiger partial charge is 0.310 e. The summed E-state index contributed by atoms with van der Waals surface area (Å²) in [6.07, 6.45) is 3.72. The van der Waals surface area contributed by atoms with Crippen molar-refractivity contribution in [1.29, 1.82) is 0 Å². The molecule has 1 aromatic carbocycles. The molecule has 0 bridgehead atoms. The van der Waals surface area contributed by atoms with Crippen LogP contribution in [0.15, 0.2) is 24.3 Å². The number of carbonyl (C=O) groups is 1. The standard InChI is InChI=1S/C18H23NO2/c1-11-4-6-12(7-5-11)13-10-18-9-8-14(18)19(2)16(18)15(13)17(20)21-3/h4-7,13-16H,8-10H2,1-3H3. The van der Waals surface area contributed by atoms with Crippen LogP contribution in [-0.4, -0.2) is 37.1 Å². The highest BCUT2D eigenvalue weighted by Gasteiger charge is 2.72. The van der Waals surface area contributed by atoms with E-state index in [0.29, 0.717) is 23.4 Å². The van der Waals surface area contributed by atoms with Gasteiger partial charge in [-0.05, 0) is 44.7 Å². The molecular weight excluding hydrogens is 262 g/mol. The Kier molecular flexibility index (Phi) is 2.74. The molecule has 3 aliphatic rings. The number of piperidine rings is 1. The maximum atomic E-state index is 12.4. The minimum Gasteiger partial charge on any atom is -0.469 e. The summed E-state index contributed by atoms with van der Waals surface area (Å²) in [5, 5.41) is 0. The largest absolute Gasteiger partial charge is 0.469 e. The Hall–Kier alpha value is -1.35. The van der Waals surface area contributed by atoms with Crippen molar-refractivity contribution < 1.29 is 9.53 Å². The molecule has 0 amide bonds. The number of benzene rings is 1. The summed E-state index contributed by atoms with van der Waals surface area (Å²) in [6.45, 7) is 2.11. The molecule has 2 aliphatic carbocycles. The van der Waals surface area contributed by atoms with Crippen LogP contribution in [-0.2, 0) is 9.53 Å². The summed E-state index contributed by atoms with van der Waals surface area (Å²) < 4.78 is 5.15. The Balaban J connectivity index is 1.72. The topological polar surface area (TPSA) is 29.5 Å². The second-order valence-electron chi connectivity index (χ2n) is 7.17. The van der Waals surface area contributed by atoms with E-state index in [1.807, 2.05) is 0 Å². The van der Waals surface area contributed by atoms with Gasteiger partial charge < -0.3 is 4.74 Å². The third kappa shape index (κ3) is 1.56. The highest BCUT2D eigenvalue weighted by atomic mass is 16.5. The van der Waals surface area contributed by atoms with E-state index in [-0.39, 0.29) is 11.9 Å². The van der Waals surface area contributed by atoms with E-state index in [1.54, 1.807) is 0 Å². The quantitative estimate of drug-likeness (QED) is 0.783. The monoisotopic (exact) mass is 285 g/mol. The van der Waals surface area contributed by atoms with Crippen LogP contribution in [0.25, 0.3) is 0 Å². The number of hydrogen-bond donors (Lipinski definition) is 0. The zero-order chi connectivity index (χ0) is 14.8. The Morgan fingerprint density at radius 3 is 2.62 bits per heavy atom. The van der Waals surface area contributed by atoms with Crippen molar-refractivity contribution in [3.63, 3.8) is 0 Å². The summed E-state index contributed by atoms with van der Waals surface area (Å²) >= 11 is 0. The van der Waals surface area contributed by atoms with Gasteiger partial charge in [0.15, 0.2) is 0 Å². The Morgan fingerprint density at radius 2 is 2.05 bits per heavy atom. The zero-order valence-electron chi connectivity index (χ0n) is 13.0. The Bertz CT molecular complexity index is 581. The second kappa shape index (κ2) is 4.33. The van der Waals surface area contributed by atoms with Gasteiger partial charge in [0.05, 0.1) is 13.0 Å². The molecule has 1 saturated heterocycles. The van der Waals surface area contributed by atoms with E-state index in [9.17, 15) is 4.79 Å². The van der Waals surface area contributed by atoms with Gasteiger partial charge in [0.25, 0.3) is 0 Å². The van der Waals surface area contributed by atoms with Crippen LogP contribution in [0.1, 0.15) is 36.3 Å². The van der Waals surface area contributed by atoms with Crippen molar-refractivity contribution in [3.05, 3.63) is 35.4 Å². The van der Waals surface area contributed by atoms with E-state index in [2.05, 4.69) is 43.1 Å². The predicted octanol–water partition coefficient (Wildman–Crippen LogP) is 2.73. The van der Waals surface area contributed by atoms with Gasteiger partial charge >= 0.3 is 5.97 Å². The maximum Gasteiger partial charge on any atom is 0.310 e. The van der Waals surface area contributed by atoms with Gasteiger partial charge in [-0.3, -0.25) is 9.69 Å².